The van der Waals surface area contributed by atoms with Crippen LogP contribution in [0.1, 0.15) is 45.4 Å². The van der Waals surface area contributed by atoms with Crippen LogP contribution < -0.4 is 0 Å². The van der Waals surface area contributed by atoms with Crippen molar-refractivity contribution in [1.82, 2.24) is 4.90 Å². The molecule has 0 atom stereocenters. The van der Waals surface area contributed by atoms with E-state index in [2.05, 4.69) is 22.9 Å². The molecule has 0 aliphatic carbocycles. The van der Waals surface area contributed by atoms with Crippen LogP contribution in [0, 0.1) is 0 Å². The minimum absolute atomic E-state index is 0.279. The Hall–Kier alpha value is -0.0500. The average Bonchev–Trinajstić information content (AvgIpc) is 2.17. The predicted octanol–water partition coefficient (Wildman–Crippen LogP) is 3.20. The van der Waals surface area contributed by atoms with Gasteiger partial charge < -0.3 is 4.90 Å². The monoisotopic (exact) mass is 263 g/mol. The van der Waals surface area contributed by atoms with Gasteiger partial charge in [-0.05, 0) is 6.42 Å². The number of nitrogens with zero attached hydrogens (tertiary/aromatic N) is 1. The molecule has 0 bridgehead atoms. The van der Waals surface area contributed by atoms with Crippen LogP contribution in [0.3, 0.4) is 0 Å². The molecule has 0 saturated carbocycles. The van der Waals surface area contributed by atoms with Crippen molar-refractivity contribution in [1.29, 1.82) is 0 Å². The zero-order valence-electron chi connectivity index (χ0n) is 9.39. The highest BCUT2D eigenvalue weighted by molar-refractivity contribution is 9.09. The fourth-order valence-corrected chi connectivity index (χ4v) is 1.85. The first-order chi connectivity index (χ1) is 6.72. The zero-order chi connectivity index (χ0) is 10.8. The number of halogens is 1. The fourth-order valence-electron chi connectivity index (χ4n) is 1.32. The van der Waals surface area contributed by atoms with Crippen LogP contribution >= 0.6 is 15.9 Å². The van der Waals surface area contributed by atoms with Gasteiger partial charge in [0.2, 0.25) is 5.91 Å². The average molecular weight is 264 g/mol. The number of hydrogen-bond acceptors (Lipinski definition) is 1. The molecule has 0 aromatic rings. The van der Waals surface area contributed by atoms with Crippen LogP contribution in [-0.4, -0.2) is 29.7 Å². The van der Waals surface area contributed by atoms with E-state index < -0.39 is 0 Å². The molecule has 0 aromatic heterocycles. The second-order valence-corrected chi connectivity index (χ2v) is 4.46. The third-order valence-electron chi connectivity index (χ3n) is 2.34. The second-order valence-electron chi connectivity index (χ2n) is 3.67. The molecule has 2 nitrogen and oxygen atoms in total. The summed E-state index contributed by atoms with van der Waals surface area (Å²) in [4.78, 5) is 13.3. The van der Waals surface area contributed by atoms with E-state index in [4.69, 9.17) is 0 Å². The summed E-state index contributed by atoms with van der Waals surface area (Å²) in [7, 11) is 1.87. The third-order valence-corrected chi connectivity index (χ3v) is 2.69. The van der Waals surface area contributed by atoms with E-state index in [1.165, 1.54) is 25.7 Å². The first-order valence-corrected chi connectivity index (χ1v) is 6.64. The smallest absolute Gasteiger partial charge is 0.222 e. The van der Waals surface area contributed by atoms with Crippen LogP contribution in [-0.2, 0) is 4.79 Å². The van der Waals surface area contributed by atoms with Gasteiger partial charge in [-0.1, -0.05) is 48.5 Å². The standard InChI is InChI=1S/C11H22BrNO/c1-3-4-5-6-7-8-11(14)13(2)10-9-12/h3-10H2,1-2H3. The highest BCUT2D eigenvalue weighted by Gasteiger charge is 2.06. The number of carbonyl (C=O) groups is 1. The van der Waals surface area contributed by atoms with Gasteiger partial charge in [0, 0.05) is 25.3 Å². The number of rotatable bonds is 8. The van der Waals surface area contributed by atoms with Crippen molar-refractivity contribution in [3.63, 3.8) is 0 Å². The Kier molecular flexibility index (Phi) is 9.47. The molecule has 0 fully saturated rings. The van der Waals surface area contributed by atoms with Gasteiger partial charge in [-0.3, -0.25) is 4.79 Å². The number of hydrogen-bond donors (Lipinski definition) is 0. The maximum absolute atomic E-state index is 11.5. The summed E-state index contributed by atoms with van der Waals surface area (Å²) >= 11 is 3.33. The van der Waals surface area contributed by atoms with Crippen LogP contribution in [0.5, 0.6) is 0 Å². The quantitative estimate of drug-likeness (QED) is 0.487. The number of unbranched alkanes of at least 4 members (excludes halogenated alkanes) is 4. The van der Waals surface area contributed by atoms with Gasteiger partial charge in [-0.15, -0.1) is 0 Å². The number of alkyl halides is 1. The minimum Gasteiger partial charge on any atom is -0.345 e. The van der Waals surface area contributed by atoms with Crippen molar-refractivity contribution >= 4 is 21.8 Å². The largest absolute Gasteiger partial charge is 0.345 e. The van der Waals surface area contributed by atoms with Gasteiger partial charge in [-0.2, -0.15) is 0 Å². The van der Waals surface area contributed by atoms with Crippen molar-refractivity contribution in [2.45, 2.75) is 45.4 Å². The maximum atomic E-state index is 11.5. The maximum Gasteiger partial charge on any atom is 0.222 e. The molecular weight excluding hydrogens is 242 g/mol. The highest BCUT2D eigenvalue weighted by atomic mass is 79.9. The van der Waals surface area contributed by atoms with E-state index in [-0.39, 0.29) is 5.91 Å². The van der Waals surface area contributed by atoms with Crippen molar-refractivity contribution in [2.24, 2.45) is 0 Å². The number of carbonyl (C=O) groups excluding carboxylic acids is 1. The van der Waals surface area contributed by atoms with Gasteiger partial charge in [0.25, 0.3) is 0 Å². The van der Waals surface area contributed by atoms with E-state index >= 15 is 0 Å². The lowest BCUT2D eigenvalue weighted by atomic mass is 10.1. The van der Waals surface area contributed by atoms with Crippen LogP contribution in [0.2, 0.25) is 0 Å². The molecule has 0 aliphatic heterocycles. The Balaban J connectivity index is 3.34. The molecule has 0 saturated heterocycles. The van der Waals surface area contributed by atoms with E-state index in [1.807, 2.05) is 7.05 Å². The Morgan fingerprint density at radius 1 is 1.21 bits per heavy atom. The summed E-state index contributed by atoms with van der Waals surface area (Å²) in [5, 5.41) is 0.866. The van der Waals surface area contributed by atoms with E-state index in [0.29, 0.717) is 6.42 Å². The third kappa shape index (κ3) is 7.36. The Morgan fingerprint density at radius 2 is 1.86 bits per heavy atom. The molecule has 0 N–H and O–H groups in total. The van der Waals surface area contributed by atoms with Crippen molar-refractivity contribution in [2.75, 3.05) is 18.9 Å². The molecule has 0 heterocycles. The summed E-state index contributed by atoms with van der Waals surface area (Å²) < 4.78 is 0. The molecule has 0 aliphatic rings. The Bertz CT molecular complexity index is 150. The molecule has 0 rings (SSSR count). The molecule has 14 heavy (non-hydrogen) atoms. The highest BCUT2D eigenvalue weighted by Crippen LogP contribution is 2.06. The molecule has 84 valence electrons. The minimum atomic E-state index is 0.279. The topological polar surface area (TPSA) is 20.3 Å². The Morgan fingerprint density at radius 3 is 2.43 bits per heavy atom. The molecule has 0 radical (unpaired) electrons. The summed E-state index contributed by atoms with van der Waals surface area (Å²) in [6, 6.07) is 0. The first-order valence-electron chi connectivity index (χ1n) is 5.52. The van der Waals surface area contributed by atoms with Gasteiger partial charge >= 0.3 is 0 Å². The molecule has 0 aromatic carbocycles. The van der Waals surface area contributed by atoms with E-state index in [1.54, 1.807) is 4.90 Å². The van der Waals surface area contributed by atoms with Crippen LogP contribution in [0.25, 0.3) is 0 Å². The lowest BCUT2D eigenvalue weighted by Gasteiger charge is -2.15. The van der Waals surface area contributed by atoms with Crippen molar-refractivity contribution < 1.29 is 4.79 Å². The molecule has 0 spiro atoms. The first kappa shape index (κ1) is 13.9. The van der Waals surface area contributed by atoms with Gasteiger partial charge in [0.05, 0.1) is 0 Å². The summed E-state index contributed by atoms with van der Waals surface area (Å²) in [5.41, 5.74) is 0. The van der Waals surface area contributed by atoms with E-state index in [9.17, 15) is 4.79 Å². The van der Waals surface area contributed by atoms with Crippen LogP contribution in [0.4, 0.5) is 0 Å². The van der Waals surface area contributed by atoms with Gasteiger partial charge in [-0.25, -0.2) is 0 Å². The van der Waals surface area contributed by atoms with Crippen molar-refractivity contribution in [3.8, 4) is 0 Å². The molecule has 1 amide bonds. The number of amides is 1. The Labute approximate surface area is 96.2 Å². The van der Waals surface area contributed by atoms with E-state index in [0.717, 1.165) is 18.3 Å². The fraction of sp³-hybridized carbons (Fsp3) is 0.909. The van der Waals surface area contributed by atoms with Crippen LogP contribution in [0.15, 0.2) is 0 Å². The zero-order valence-corrected chi connectivity index (χ0v) is 11.0. The summed E-state index contributed by atoms with van der Waals surface area (Å²) in [6.45, 7) is 3.02. The lowest BCUT2D eigenvalue weighted by Crippen LogP contribution is -2.28. The summed E-state index contributed by atoms with van der Waals surface area (Å²) in [6.07, 6.45) is 6.79. The molecule has 0 unspecified atom stereocenters. The predicted molar refractivity (Wildman–Crippen MR) is 64.8 cm³/mol. The van der Waals surface area contributed by atoms with Crippen molar-refractivity contribution in [3.05, 3.63) is 0 Å². The molecular formula is C11H22BrNO. The molecule has 3 heteroatoms. The normalized spacial score (nSPS) is 10.2. The second kappa shape index (κ2) is 9.50. The SMILES string of the molecule is CCCCCCCC(=O)N(C)CCBr. The summed E-state index contributed by atoms with van der Waals surface area (Å²) in [5.74, 6) is 0.279. The van der Waals surface area contributed by atoms with Gasteiger partial charge in [0.15, 0.2) is 0 Å². The van der Waals surface area contributed by atoms with Gasteiger partial charge in [0.1, 0.15) is 0 Å². The lowest BCUT2D eigenvalue weighted by molar-refractivity contribution is -0.129.